The Kier molecular flexibility index (Phi) is 3.32. The number of fused-ring (bicyclic) bond motifs is 1. The van der Waals surface area contributed by atoms with Crippen molar-refractivity contribution in [2.75, 3.05) is 0 Å². The predicted molar refractivity (Wildman–Crippen MR) is 74.8 cm³/mol. The zero-order valence-corrected chi connectivity index (χ0v) is 12.4. The first-order valence-electron chi connectivity index (χ1n) is 6.10. The number of benzene rings is 1. The van der Waals surface area contributed by atoms with Crippen molar-refractivity contribution in [1.29, 1.82) is 0 Å². The Hall–Kier alpha value is -2.09. The molecule has 3 aromatic rings. The van der Waals surface area contributed by atoms with Gasteiger partial charge in [-0.05, 0) is 24.6 Å². The number of nitrogens with one attached hydrogen (secondary N) is 2. The van der Waals surface area contributed by atoms with Gasteiger partial charge in [0, 0.05) is 22.0 Å². The van der Waals surface area contributed by atoms with Crippen LogP contribution < -0.4 is 10.5 Å². The highest BCUT2D eigenvalue weighted by molar-refractivity contribution is 9.10. The number of hydrogen-bond acceptors (Lipinski definition) is 2. The third kappa shape index (κ3) is 2.46. The largest absolute Gasteiger partial charge is 0.321 e. The molecule has 8 heteroatoms. The number of nitrogens with zero attached hydrogens (tertiary/aromatic N) is 2. The molecule has 2 N–H and O–H groups in total. The second-order valence-electron chi connectivity index (χ2n) is 4.63. The van der Waals surface area contributed by atoms with Crippen LogP contribution >= 0.6 is 15.9 Å². The molecule has 1 atom stereocenters. The SMILES string of the molecule is CC(c1cc(F)cc(F)c1)n1ncc2[nH]c(Br)[nH+]c2c1=O. The second kappa shape index (κ2) is 5.03. The summed E-state index contributed by atoms with van der Waals surface area (Å²) < 4.78 is 28.3. The number of aromatic amines is 2. The molecule has 21 heavy (non-hydrogen) atoms. The van der Waals surface area contributed by atoms with E-state index < -0.39 is 17.7 Å². The zero-order chi connectivity index (χ0) is 15.1. The van der Waals surface area contributed by atoms with Crippen LogP contribution in [-0.4, -0.2) is 14.8 Å². The van der Waals surface area contributed by atoms with E-state index in [4.69, 9.17) is 0 Å². The van der Waals surface area contributed by atoms with Gasteiger partial charge >= 0.3 is 10.3 Å². The molecule has 1 aromatic carbocycles. The monoisotopic (exact) mass is 355 g/mol. The van der Waals surface area contributed by atoms with Gasteiger partial charge in [0.25, 0.3) is 0 Å². The minimum atomic E-state index is -0.693. The summed E-state index contributed by atoms with van der Waals surface area (Å²) in [6.45, 7) is 1.65. The van der Waals surface area contributed by atoms with E-state index >= 15 is 0 Å². The van der Waals surface area contributed by atoms with Gasteiger partial charge in [-0.3, -0.25) is 4.79 Å². The molecular formula is C13H10BrF2N4O+. The number of rotatable bonds is 2. The summed E-state index contributed by atoms with van der Waals surface area (Å²) >= 11 is 3.20. The van der Waals surface area contributed by atoms with Crippen LogP contribution in [0.4, 0.5) is 8.78 Å². The molecule has 1 unspecified atom stereocenters. The summed E-state index contributed by atoms with van der Waals surface area (Å²) in [4.78, 5) is 18.1. The Morgan fingerprint density at radius 3 is 2.67 bits per heavy atom. The van der Waals surface area contributed by atoms with E-state index in [0.29, 0.717) is 21.3 Å². The van der Waals surface area contributed by atoms with Gasteiger partial charge in [-0.2, -0.15) is 5.10 Å². The van der Waals surface area contributed by atoms with Crippen LogP contribution in [0.1, 0.15) is 18.5 Å². The molecule has 0 saturated carbocycles. The summed E-state index contributed by atoms with van der Waals surface area (Å²) in [7, 11) is 0. The Morgan fingerprint density at radius 1 is 1.33 bits per heavy atom. The van der Waals surface area contributed by atoms with Crippen LogP contribution in [0.2, 0.25) is 0 Å². The molecule has 0 saturated heterocycles. The van der Waals surface area contributed by atoms with E-state index in [1.54, 1.807) is 6.92 Å². The van der Waals surface area contributed by atoms with E-state index in [1.165, 1.54) is 23.0 Å². The van der Waals surface area contributed by atoms with E-state index in [0.717, 1.165) is 6.07 Å². The number of H-pyrrole nitrogens is 2. The van der Waals surface area contributed by atoms with E-state index in [-0.39, 0.29) is 5.56 Å². The van der Waals surface area contributed by atoms with Gasteiger partial charge in [0.15, 0.2) is 5.52 Å². The summed E-state index contributed by atoms with van der Waals surface area (Å²) in [6.07, 6.45) is 1.48. The van der Waals surface area contributed by atoms with Gasteiger partial charge in [0.2, 0.25) is 5.52 Å². The normalized spacial score (nSPS) is 12.8. The molecular weight excluding hydrogens is 346 g/mol. The Labute approximate surface area is 125 Å². The van der Waals surface area contributed by atoms with Crippen LogP contribution in [0, 0.1) is 11.6 Å². The molecule has 0 spiro atoms. The fourth-order valence-electron chi connectivity index (χ4n) is 2.17. The molecule has 0 amide bonds. The molecule has 108 valence electrons. The highest BCUT2D eigenvalue weighted by Gasteiger charge is 2.19. The zero-order valence-electron chi connectivity index (χ0n) is 10.8. The quantitative estimate of drug-likeness (QED) is 0.765. The lowest BCUT2D eigenvalue weighted by Gasteiger charge is -2.13. The summed E-state index contributed by atoms with van der Waals surface area (Å²) in [6, 6.07) is 2.55. The Balaban J connectivity index is 2.15. The van der Waals surface area contributed by atoms with Crippen molar-refractivity contribution in [3.05, 3.63) is 56.7 Å². The molecule has 5 nitrogen and oxygen atoms in total. The van der Waals surface area contributed by atoms with Crippen LogP contribution in [0.15, 0.2) is 33.9 Å². The van der Waals surface area contributed by atoms with Crippen molar-refractivity contribution in [2.45, 2.75) is 13.0 Å². The fourth-order valence-corrected chi connectivity index (χ4v) is 2.59. The lowest BCUT2D eigenvalue weighted by molar-refractivity contribution is -0.360. The van der Waals surface area contributed by atoms with Crippen LogP contribution in [0.25, 0.3) is 11.0 Å². The Bertz CT molecular complexity index is 869. The lowest BCUT2D eigenvalue weighted by atomic mass is 10.1. The maximum atomic E-state index is 13.3. The smallest absolute Gasteiger partial charge is 0.263 e. The number of hydrogen-bond donors (Lipinski definition) is 1. The summed E-state index contributed by atoms with van der Waals surface area (Å²) in [5, 5.41) is 4.04. The number of aromatic nitrogens is 4. The van der Waals surface area contributed by atoms with Crippen molar-refractivity contribution in [3.63, 3.8) is 0 Å². The fraction of sp³-hybridized carbons (Fsp3) is 0.154. The third-order valence-corrected chi connectivity index (χ3v) is 3.61. The molecule has 0 fully saturated rings. The standard InChI is InChI=1S/C13H9BrF2N4O/c1-6(7-2-8(15)4-9(16)3-7)20-12(21)11-10(5-17-20)18-13(14)19-11/h2-6H,1H3,(H,18,19)/p+1. The van der Waals surface area contributed by atoms with Gasteiger partial charge in [0.1, 0.15) is 11.6 Å². The van der Waals surface area contributed by atoms with Crippen LogP contribution in [-0.2, 0) is 0 Å². The van der Waals surface area contributed by atoms with Gasteiger partial charge < -0.3 is 0 Å². The van der Waals surface area contributed by atoms with Crippen molar-refractivity contribution >= 4 is 27.0 Å². The topological polar surface area (TPSA) is 64.8 Å². The molecule has 0 radical (unpaired) electrons. The highest BCUT2D eigenvalue weighted by Crippen LogP contribution is 2.18. The first-order valence-corrected chi connectivity index (χ1v) is 6.89. The molecule has 0 aliphatic heterocycles. The van der Waals surface area contributed by atoms with Gasteiger partial charge in [0.05, 0.1) is 12.2 Å². The van der Waals surface area contributed by atoms with Crippen LogP contribution in [0.3, 0.4) is 0 Å². The first kappa shape index (κ1) is 13.9. The van der Waals surface area contributed by atoms with E-state index in [9.17, 15) is 13.6 Å². The summed E-state index contributed by atoms with van der Waals surface area (Å²) in [5.41, 5.74) is 0.823. The van der Waals surface area contributed by atoms with Crippen molar-refractivity contribution in [1.82, 2.24) is 14.8 Å². The second-order valence-corrected chi connectivity index (χ2v) is 5.42. The third-order valence-electron chi connectivity index (χ3n) is 3.22. The summed E-state index contributed by atoms with van der Waals surface area (Å²) in [5.74, 6) is -1.39. The number of imidazole rings is 1. The van der Waals surface area contributed by atoms with E-state index in [1.807, 2.05) is 0 Å². The lowest BCUT2D eigenvalue weighted by Crippen LogP contribution is -2.29. The minimum Gasteiger partial charge on any atom is -0.263 e. The van der Waals surface area contributed by atoms with Crippen molar-refractivity contribution < 1.29 is 13.8 Å². The molecule has 0 aliphatic rings. The van der Waals surface area contributed by atoms with Crippen molar-refractivity contribution in [2.24, 2.45) is 0 Å². The average Bonchev–Trinajstić information content (AvgIpc) is 2.79. The number of halogens is 3. The minimum absolute atomic E-state index is 0.330. The highest BCUT2D eigenvalue weighted by atomic mass is 79.9. The molecule has 2 heterocycles. The molecule has 2 aromatic heterocycles. The van der Waals surface area contributed by atoms with Gasteiger partial charge in [-0.1, -0.05) is 0 Å². The molecule has 3 rings (SSSR count). The predicted octanol–water partition coefficient (Wildman–Crippen LogP) is 2.19. The first-order chi connectivity index (χ1) is 9.95. The van der Waals surface area contributed by atoms with Crippen molar-refractivity contribution in [3.8, 4) is 0 Å². The Morgan fingerprint density at radius 2 is 2.00 bits per heavy atom. The molecule has 0 aliphatic carbocycles. The van der Waals surface area contributed by atoms with E-state index in [2.05, 4.69) is 31.0 Å². The van der Waals surface area contributed by atoms with Gasteiger partial charge in [-0.25, -0.2) is 23.4 Å². The molecule has 0 bridgehead atoms. The maximum absolute atomic E-state index is 13.3. The van der Waals surface area contributed by atoms with Gasteiger partial charge in [-0.15, -0.1) is 0 Å². The maximum Gasteiger partial charge on any atom is 0.321 e. The van der Waals surface area contributed by atoms with Crippen LogP contribution in [0.5, 0.6) is 0 Å². The average molecular weight is 356 g/mol.